The molecule has 0 saturated heterocycles. The maximum atomic E-state index is 13.8. The SMILES string of the molecule is C=C(C)C(c1ccccc1)N(Cc1ccccc1Cc1ccccc1)C(=O)Nc1ccc(C#N)c(C(F)(F)F)c1. The summed E-state index contributed by atoms with van der Waals surface area (Å²) >= 11 is 0. The summed E-state index contributed by atoms with van der Waals surface area (Å²) < 4.78 is 40.8. The number of nitriles is 1. The molecule has 0 fully saturated rings. The number of anilines is 1. The first-order valence-electron chi connectivity index (χ1n) is 12.7. The normalized spacial score (nSPS) is 11.8. The molecular weight excluding hydrogens is 511 g/mol. The van der Waals surface area contributed by atoms with Gasteiger partial charge >= 0.3 is 12.2 Å². The molecule has 0 bridgehead atoms. The number of amides is 2. The molecule has 0 saturated carbocycles. The van der Waals surface area contributed by atoms with Crippen molar-refractivity contribution in [3.05, 3.63) is 149 Å². The van der Waals surface area contributed by atoms with E-state index in [4.69, 9.17) is 5.26 Å². The zero-order chi connectivity index (χ0) is 28.7. The third-order valence-corrected chi connectivity index (χ3v) is 6.55. The number of nitrogens with zero attached hydrogens (tertiary/aromatic N) is 2. The minimum absolute atomic E-state index is 0.0626. The average Bonchev–Trinajstić information content (AvgIpc) is 2.94. The summed E-state index contributed by atoms with van der Waals surface area (Å²) in [5.41, 5.74) is 2.87. The van der Waals surface area contributed by atoms with Gasteiger partial charge in [-0.3, -0.25) is 0 Å². The molecule has 202 valence electrons. The second-order valence-electron chi connectivity index (χ2n) is 9.52. The molecule has 4 aromatic carbocycles. The Morgan fingerprint density at radius 1 is 0.925 bits per heavy atom. The lowest BCUT2D eigenvalue weighted by Gasteiger charge is -2.33. The van der Waals surface area contributed by atoms with Crippen LogP contribution in [0.1, 0.15) is 46.3 Å². The minimum atomic E-state index is -4.74. The summed E-state index contributed by atoms with van der Waals surface area (Å²) in [7, 11) is 0. The molecule has 1 N–H and O–H groups in total. The van der Waals surface area contributed by atoms with E-state index in [0.717, 1.165) is 34.4 Å². The van der Waals surface area contributed by atoms with Crippen molar-refractivity contribution in [3.8, 4) is 6.07 Å². The largest absolute Gasteiger partial charge is 0.417 e. The van der Waals surface area contributed by atoms with E-state index < -0.39 is 29.4 Å². The van der Waals surface area contributed by atoms with E-state index in [-0.39, 0.29) is 12.2 Å². The fourth-order valence-electron chi connectivity index (χ4n) is 4.68. The molecule has 0 aliphatic rings. The summed E-state index contributed by atoms with van der Waals surface area (Å²) in [5, 5.41) is 11.8. The van der Waals surface area contributed by atoms with Crippen LogP contribution in [0.5, 0.6) is 0 Å². The van der Waals surface area contributed by atoms with E-state index in [0.29, 0.717) is 12.0 Å². The first kappa shape index (κ1) is 28.2. The Kier molecular flexibility index (Phi) is 8.70. The smallest absolute Gasteiger partial charge is 0.309 e. The molecule has 0 radical (unpaired) electrons. The average molecular weight is 540 g/mol. The maximum absolute atomic E-state index is 13.8. The lowest BCUT2D eigenvalue weighted by molar-refractivity contribution is -0.137. The van der Waals surface area contributed by atoms with Crippen LogP contribution < -0.4 is 5.32 Å². The van der Waals surface area contributed by atoms with E-state index in [2.05, 4.69) is 11.9 Å². The van der Waals surface area contributed by atoms with Gasteiger partial charge in [0.15, 0.2) is 0 Å². The first-order valence-corrected chi connectivity index (χ1v) is 12.7. The minimum Gasteiger partial charge on any atom is -0.309 e. The number of rotatable bonds is 8. The zero-order valence-electron chi connectivity index (χ0n) is 22.0. The second kappa shape index (κ2) is 12.4. The highest BCUT2D eigenvalue weighted by Crippen LogP contribution is 2.35. The lowest BCUT2D eigenvalue weighted by atomic mass is 9.96. The highest BCUT2D eigenvalue weighted by atomic mass is 19.4. The molecular formula is C33H28F3N3O. The standard InChI is InChI=1S/C33H28F3N3O/c1-23(2)31(25-13-7-4-8-14-25)39(22-28-16-10-9-15-26(28)19-24-11-5-3-6-12-24)32(40)38-29-18-17-27(21-37)30(20-29)33(34,35)36/h3-18,20,31H,1,19,22H2,2H3,(H,38,40). The van der Waals surface area contributed by atoms with E-state index in [9.17, 15) is 18.0 Å². The molecule has 0 aliphatic carbocycles. The van der Waals surface area contributed by atoms with Crippen molar-refractivity contribution in [1.82, 2.24) is 4.90 Å². The van der Waals surface area contributed by atoms with E-state index >= 15 is 0 Å². The Balaban J connectivity index is 1.73. The fraction of sp³-hybridized carbons (Fsp3) is 0.152. The first-order chi connectivity index (χ1) is 19.2. The molecule has 0 spiro atoms. The molecule has 2 amide bonds. The van der Waals surface area contributed by atoms with Gasteiger partial charge in [-0.2, -0.15) is 18.4 Å². The maximum Gasteiger partial charge on any atom is 0.417 e. The van der Waals surface area contributed by atoms with Gasteiger partial charge in [0.2, 0.25) is 0 Å². The molecule has 4 nitrogen and oxygen atoms in total. The highest BCUT2D eigenvalue weighted by molar-refractivity contribution is 5.90. The number of urea groups is 1. The fourth-order valence-corrected chi connectivity index (χ4v) is 4.68. The van der Waals surface area contributed by atoms with Crippen LogP contribution in [0.2, 0.25) is 0 Å². The summed E-state index contributed by atoms with van der Waals surface area (Å²) in [4.78, 5) is 15.4. The predicted octanol–water partition coefficient (Wildman–Crippen LogP) is 8.52. The zero-order valence-corrected chi connectivity index (χ0v) is 22.0. The van der Waals surface area contributed by atoms with Gasteiger partial charge in [0.05, 0.1) is 23.2 Å². The number of hydrogen-bond donors (Lipinski definition) is 1. The third-order valence-electron chi connectivity index (χ3n) is 6.55. The van der Waals surface area contributed by atoms with E-state index in [1.165, 1.54) is 6.07 Å². The number of benzene rings is 4. The molecule has 4 aromatic rings. The molecule has 4 rings (SSSR count). The van der Waals surface area contributed by atoms with Crippen LogP contribution in [0.15, 0.2) is 115 Å². The highest BCUT2D eigenvalue weighted by Gasteiger charge is 2.34. The van der Waals surface area contributed by atoms with Crippen molar-refractivity contribution in [2.75, 3.05) is 5.32 Å². The summed E-state index contributed by atoms with van der Waals surface area (Å²) in [6.07, 6.45) is -4.09. The topological polar surface area (TPSA) is 56.1 Å². The van der Waals surface area contributed by atoms with Crippen molar-refractivity contribution in [1.29, 1.82) is 5.26 Å². The number of carbonyl (C=O) groups excluding carboxylic acids is 1. The van der Waals surface area contributed by atoms with Gasteiger partial charge < -0.3 is 10.2 Å². The van der Waals surface area contributed by atoms with Crippen LogP contribution in [0, 0.1) is 11.3 Å². The van der Waals surface area contributed by atoms with Crippen molar-refractivity contribution in [2.24, 2.45) is 0 Å². The Bertz CT molecular complexity index is 1530. The Labute approximate surface area is 232 Å². The van der Waals surface area contributed by atoms with Crippen molar-refractivity contribution in [3.63, 3.8) is 0 Å². The molecule has 40 heavy (non-hydrogen) atoms. The van der Waals surface area contributed by atoms with Crippen molar-refractivity contribution < 1.29 is 18.0 Å². The van der Waals surface area contributed by atoms with Gasteiger partial charge in [-0.25, -0.2) is 4.79 Å². The van der Waals surface area contributed by atoms with Crippen LogP contribution in [-0.4, -0.2) is 10.9 Å². The van der Waals surface area contributed by atoms with Crippen molar-refractivity contribution in [2.45, 2.75) is 32.1 Å². The number of halogens is 3. The van der Waals surface area contributed by atoms with E-state index in [1.54, 1.807) is 11.0 Å². The summed E-state index contributed by atoms with van der Waals surface area (Å²) in [6, 6.07) is 30.7. The van der Waals surface area contributed by atoms with E-state index in [1.807, 2.05) is 91.9 Å². The Hall–Kier alpha value is -4.83. The van der Waals surface area contributed by atoms with Crippen molar-refractivity contribution >= 4 is 11.7 Å². The Morgan fingerprint density at radius 2 is 1.52 bits per heavy atom. The van der Waals surface area contributed by atoms with Gasteiger partial charge in [-0.05, 0) is 53.8 Å². The molecule has 0 aliphatic heterocycles. The Morgan fingerprint density at radius 3 is 2.12 bits per heavy atom. The van der Waals surface area contributed by atoms with Gasteiger partial charge in [0.25, 0.3) is 0 Å². The second-order valence-corrected chi connectivity index (χ2v) is 9.52. The van der Waals surface area contributed by atoms with Crippen LogP contribution in [-0.2, 0) is 19.1 Å². The molecule has 0 heterocycles. The monoisotopic (exact) mass is 539 g/mol. The number of nitrogens with one attached hydrogen (secondary N) is 1. The third kappa shape index (κ3) is 6.78. The predicted molar refractivity (Wildman–Crippen MR) is 150 cm³/mol. The van der Waals surface area contributed by atoms with Crippen LogP contribution in [0.3, 0.4) is 0 Å². The molecule has 0 aromatic heterocycles. The quantitative estimate of drug-likeness (QED) is 0.228. The lowest BCUT2D eigenvalue weighted by Crippen LogP contribution is -2.38. The van der Waals surface area contributed by atoms with Gasteiger partial charge in [-0.15, -0.1) is 0 Å². The van der Waals surface area contributed by atoms with Crippen LogP contribution in [0.4, 0.5) is 23.7 Å². The molecule has 1 atom stereocenters. The number of carbonyl (C=O) groups is 1. The van der Waals surface area contributed by atoms with Crippen LogP contribution in [0.25, 0.3) is 0 Å². The van der Waals surface area contributed by atoms with Gasteiger partial charge in [-0.1, -0.05) is 97.1 Å². The van der Waals surface area contributed by atoms with Gasteiger partial charge in [0.1, 0.15) is 0 Å². The molecule has 7 heteroatoms. The van der Waals surface area contributed by atoms with Gasteiger partial charge in [0, 0.05) is 12.2 Å². The summed E-state index contributed by atoms with van der Waals surface area (Å²) in [5.74, 6) is 0. The summed E-state index contributed by atoms with van der Waals surface area (Å²) in [6.45, 7) is 6.14. The molecule has 1 unspecified atom stereocenters. The number of hydrogen-bond acceptors (Lipinski definition) is 2. The number of alkyl halides is 3. The van der Waals surface area contributed by atoms with Crippen LogP contribution >= 0.6 is 0 Å².